The van der Waals surface area contributed by atoms with Gasteiger partial charge in [-0.25, -0.2) is 14.1 Å². The van der Waals surface area contributed by atoms with Gasteiger partial charge in [0.25, 0.3) is 5.91 Å². The molecule has 320 valence electrons. The van der Waals surface area contributed by atoms with E-state index in [0.29, 0.717) is 29.4 Å². The van der Waals surface area contributed by atoms with Crippen LogP contribution in [0.25, 0.3) is 0 Å². The van der Waals surface area contributed by atoms with E-state index >= 15 is 0 Å². The minimum Gasteiger partial charge on any atom is -0.489 e. The first-order valence-electron chi connectivity index (χ1n) is 19.2. The zero-order valence-electron chi connectivity index (χ0n) is 34.2. The number of hydrogen-bond donors (Lipinski definition) is 0. The third kappa shape index (κ3) is 11.6. The molecule has 2 fully saturated rings. The molecule has 16 heteroatoms. The molecule has 1 aliphatic carbocycles. The largest absolute Gasteiger partial charge is 0.489 e. The Balaban J connectivity index is 0.000000200. The molecule has 3 aromatic rings. The van der Waals surface area contributed by atoms with Crippen molar-refractivity contribution >= 4 is 87.3 Å². The highest BCUT2D eigenvalue weighted by molar-refractivity contribution is 6.54. The Morgan fingerprint density at radius 1 is 1.03 bits per heavy atom. The SMILES string of the molecule is CC(C)=C1OC(=O)N(c2cc(OC3CCCC3)c(Cl)cc2F)C1=O.CC1COc2ccccc2N1C(=O)C(Cl)Cl.CCc1cccc(C)c1N(C(=O)CCl)C(C)COC. The number of alkyl halides is 3. The maximum absolute atomic E-state index is 14.3. The molecule has 0 spiro atoms. The van der Waals surface area contributed by atoms with Gasteiger partial charge in [0.2, 0.25) is 5.91 Å². The Bertz CT molecular complexity index is 2020. The summed E-state index contributed by atoms with van der Waals surface area (Å²) in [6, 6.07) is 15.6. The van der Waals surface area contributed by atoms with E-state index in [9.17, 15) is 23.6 Å². The van der Waals surface area contributed by atoms with E-state index in [1.54, 1.807) is 30.8 Å². The molecule has 0 radical (unpaired) electrons. The number of anilines is 3. The smallest absolute Gasteiger partial charge is 0.427 e. The van der Waals surface area contributed by atoms with Crippen LogP contribution in [0.4, 0.5) is 26.2 Å². The lowest BCUT2D eigenvalue weighted by atomic mass is 10.0. The molecule has 3 aromatic carbocycles. The second kappa shape index (κ2) is 22.0. The van der Waals surface area contributed by atoms with E-state index in [-0.39, 0.29) is 58.1 Å². The number of methoxy groups -OCH3 is 1. The molecule has 1 saturated carbocycles. The fourth-order valence-electron chi connectivity index (χ4n) is 6.91. The van der Waals surface area contributed by atoms with Crippen LogP contribution in [0.3, 0.4) is 0 Å². The number of allylic oxidation sites excluding steroid dienone is 1. The Labute approximate surface area is 365 Å². The van der Waals surface area contributed by atoms with E-state index < -0.39 is 22.7 Å². The summed E-state index contributed by atoms with van der Waals surface area (Å²) in [4.78, 5) is 51.4. The molecule has 2 aliphatic heterocycles. The van der Waals surface area contributed by atoms with Crippen LogP contribution in [0, 0.1) is 12.7 Å². The van der Waals surface area contributed by atoms with E-state index in [2.05, 4.69) is 13.0 Å². The normalized spacial score (nSPS) is 16.6. The number of aryl methyl sites for hydroxylation is 2. The second-order valence-corrected chi connectivity index (χ2v) is 16.1. The van der Waals surface area contributed by atoms with Gasteiger partial charge in [0.15, 0.2) is 10.6 Å². The summed E-state index contributed by atoms with van der Waals surface area (Å²) in [6.07, 6.45) is 3.88. The van der Waals surface area contributed by atoms with Crippen LogP contribution in [0.5, 0.6) is 11.5 Å². The third-order valence-electron chi connectivity index (χ3n) is 9.71. The Morgan fingerprint density at radius 2 is 1.71 bits per heavy atom. The number of carbonyl (C=O) groups is 4. The van der Waals surface area contributed by atoms with Gasteiger partial charge in [-0.15, -0.1) is 11.6 Å². The van der Waals surface area contributed by atoms with Gasteiger partial charge in [0.05, 0.1) is 46.9 Å². The number of ether oxygens (including phenoxy) is 4. The molecule has 59 heavy (non-hydrogen) atoms. The number of fused-ring (bicyclic) bond motifs is 1. The van der Waals surface area contributed by atoms with Crippen LogP contribution in [-0.4, -0.2) is 73.0 Å². The minimum absolute atomic E-state index is 0.00962. The van der Waals surface area contributed by atoms with Crippen molar-refractivity contribution in [3.05, 3.63) is 87.9 Å². The van der Waals surface area contributed by atoms with Crippen LogP contribution in [0.2, 0.25) is 5.02 Å². The van der Waals surface area contributed by atoms with E-state index in [4.69, 9.17) is 65.4 Å². The predicted molar refractivity (Wildman–Crippen MR) is 231 cm³/mol. The molecule has 4 amide bonds. The van der Waals surface area contributed by atoms with Crippen LogP contribution in [0.1, 0.15) is 71.4 Å². The molecular weight excluding hydrogens is 847 g/mol. The van der Waals surface area contributed by atoms with Crippen molar-refractivity contribution < 1.29 is 42.5 Å². The third-order valence-corrected chi connectivity index (χ3v) is 10.6. The van der Waals surface area contributed by atoms with E-state index in [1.807, 2.05) is 57.2 Å². The summed E-state index contributed by atoms with van der Waals surface area (Å²) in [5.41, 5.74) is 4.24. The van der Waals surface area contributed by atoms with Crippen LogP contribution < -0.4 is 24.2 Å². The summed E-state index contributed by atoms with van der Waals surface area (Å²) >= 11 is 23.1. The van der Waals surface area contributed by atoms with Crippen molar-refractivity contribution in [2.24, 2.45) is 0 Å². The minimum atomic E-state index is -1.05. The number of para-hydroxylation sites is 3. The number of rotatable bonds is 10. The first-order valence-corrected chi connectivity index (χ1v) is 21.0. The number of benzene rings is 3. The molecule has 3 aliphatic rings. The Hall–Kier alpha value is -4.07. The van der Waals surface area contributed by atoms with E-state index in [1.165, 1.54) is 6.07 Å². The van der Waals surface area contributed by atoms with Gasteiger partial charge in [-0.05, 0) is 102 Å². The van der Waals surface area contributed by atoms with Gasteiger partial charge in [0.1, 0.15) is 29.8 Å². The number of amides is 4. The molecule has 2 atom stereocenters. The Kier molecular flexibility index (Phi) is 17.7. The molecular formula is C43H50Cl4FN3O8. The summed E-state index contributed by atoms with van der Waals surface area (Å²) in [5.74, 6) is -1.07. The summed E-state index contributed by atoms with van der Waals surface area (Å²) < 4.78 is 35.7. The van der Waals surface area contributed by atoms with Crippen molar-refractivity contribution in [2.45, 2.75) is 96.7 Å². The van der Waals surface area contributed by atoms with Gasteiger partial charge in [0, 0.05) is 13.2 Å². The number of imide groups is 1. The fourth-order valence-corrected chi connectivity index (χ4v) is 7.45. The van der Waals surface area contributed by atoms with Gasteiger partial charge < -0.3 is 28.7 Å². The van der Waals surface area contributed by atoms with Crippen molar-refractivity contribution in [3.8, 4) is 11.5 Å². The Morgan fingerprint density at radius 3 is 2.31 bits per heavy atom. The van der Waals surface area contributed by atoms with Crippen molar-refractivity contribution in [1.29, 1.82) is 0 Å². The van der Waals surface area contributed by atoms with Crippen LogP contribution >= 0.6 is 46.4 Å². The maximum atomic E-state index is 14.3. The van der Waals surface area contributed by atoms with Gasteiger partial charge >= 0.3 is 12.0 Å². The van der Waals surface area contributed by atoms with Gasteiger partial charge in [-0.2, -0.15) is 0 Å². The van der Waals surface area contributed by atoms with Crippen LogP contribution in [0.15, 0.2) is 65.9 Å². The lowest BCUT2D eigenvalue weighted by Gasteiger charge is -2.35. The van der Waals surface area contributed by atoms with Crippen molar-refractivity contribution in [1.82, 2.24) is 0 Å². The zero-order chi connectivity index (χ0) is 43.6. The monoisotopic (exact) mass is 895 g/mol. The molecule has 0 bridgehead atoms. The number of cyclic esters (lactones) is 1. The molecule has 11 nitrogen and oxygen atoms in total. The first kappa shape index (κ1) is 47.6. The molecule has 1 saturated heterocycles. The number of hydrogen-bond acceptors (Lipinski definition) is 8. The lowest BCUT2D eigenvalue weighted by Crippen LogP contribution is -2.47. The zero-order valence-corrected chi connectivity index (χ0v) is 37.2. The highest BCUT2D eigenvalue weighted by Crippen LogP contribution is 2.38. The molecule has 6 rings (SSSR count). The lowest BCUT2D eigenvalue weighted by molar-refractivity contribution is -0.118. The number of nitrogens with zero attached hydrogens (tertiary/aromatic N) is 3. The van der Waals surface area contributed by atoms with Gasteiger partial charge in [-0.1, -0.05) is 72.1 Å². The molecule has 0 aromatic heterocycles. The first-order chi connectivity index (χ1) is 28.1. The predicted octanol–water partition coefficient (Wildman–Crippen LogP) is 10.3. The highest BCUT2D eigenvalue weighted by Gasteiger charge is 2.40. The summed E-state index contributed by atoms with van der Waals surface area (Å²) in [5, 5.41) is 0.102. The standard InChI is InChI=1S/C17H17ClFNO4.C15H22ClNO2.C11H11Cl2NO2/c1-9(2)15-16(21)20(17(22)24-15)13-8-14(11(18)7-12(13)19)23-10-5-3-4-6-10;1-5-13-8-6-7-11(2)15(13)17(14(18)9-16)12(3)10-19-4;1-7-6-16-9-5-3-2-4-8(9)14(7)11(15)10(12)13/h7-8,10H,3-6H2,1-2H3;6-8,12H,5,9-10H2,1-4H3;2-5,7,10H,6H2,1H3. The van der Waals surface area contributed by atoms with Gasteiger partial charge in [-0.3, -0.25) is 14.4 Å². The summed E-state index contributed by atoms with van der Waals surface area (Å²) in [6.45, 7) is 12.2. The molecule has 0 N–H and O–H groups in total. The molecule has 2 unspecified atom stereocenters. The highest BCUT2D eigenvalue weighted by atomic mass is 35.5. The quantitative estimate of drug-likeness (QED) is 0.146. The fraction of sp³-hybridized carbons (Fsp3) is 0.442. The van der Waals surface area contributed by atoms with E-state index in [0.717, 1.165) is 60.7 Å². The second-order valence-electron chi connectivity index (χ2n) is 14.4. The topological polar surface area (TPSA) is 115 Å². The van der Waals surface area contributed by atoms with Crippen LogP contribution in [-0.2, 0) is 30.3 Å². The number of carbonyl (C=O) groups excluding carboxylic acids is 4. The summed E-state index contributed by atoms with van der Waals surface area (Å²) in [7, 11) is 1.64. The number of halogens is 5. The maximum Gasteiger partial charge on any atom is 0.427 e. The average molecular weight is 898 g/mol. The van der Waals surface area contributed by atoms with Crippen molar-refractivity contribution in [2.75, 3.05) is 40.9 Å². The average Bonchev–Trinajstić information content (AvgIpc) is 3.83. The van der Waals surface area contributed by atoms with Crippen molar-refractivity contribution in [3.63, 3.8) is 0 Å². The molecule has 2 heterocycles.